The largest absolute Gasteiger partial charge is 0.381 e. The van der Waals surface area contributed by atoms with E-state index in [2.05, 4.69) is 13.8 Å². The molecule has 0 heterocycles. The Kier molecular flexibility index (Phi) is 19.8. The molecule has 13 heavy (non-hydrogen) atoms. The molecular formula is C10H20O3. The Labute approximate surface area is 80.5 Å². The van der Waals surface area contributed by atoms with E-state index in [4.69, 9.17) is 14.3 Å². The summed E-state index contributed by atoms with van der Waals surface area (Å²) >= 11 is 0. The van der Waals surface area contributed by atoms with Gasteiger partial charge in [0, 0.05) is 13.2 Å². The van der Waals surface area contributed by atoms with Crippen LogP contribution in [0.4, 0.5) is 0 Å². The molecule has 0 aliphatic rings. The molecule has 0 aliphatic carbocycles. The molecule has 0 spiro atoms. The SMILES string of the molecule is CCCCOCCCC.O=CC=O. The van der Waals surface area contributed by atoms with Crippen molar-refractivity contribution in [3.8, 4) is 0 Å². The second kappa shape index (κ2) is 17.4. The van der Waals surface area contributed by atoms with Gasteiger partial charge in [0.15, 0.2) is 12.6 Å². The molecule has 0 rings (SSSR count). The third-order valence-corrected chi connectivity index (χ3v) is 1.34. The zero-order valence-corrected chi connectivity index (χ0v) is 8.62. The zero-order chi connectivity index (χ0) is 10.4. The van der Waals surface area contributed by atoms with Crippen LogP contribution in [0.1, 0.15) is 39.5 Å². The van der Waals surface area contributed by atoms with E-state index in [1.807, 2.05) is 0 Å². The lowest BCUT2D eigenvalue weighted by Gasteiger charge is -1.99. The van der Waals surface area contributed by atoms with Crippen LogP contribution in [0.15, 0.2) is 0 Å². The van der Waals surface area contributed by atoms with Crippen LogP contribution in [0.25, 0.3) is 0 Å². The Bertz CT molecular complexity index is 90.3. The Morgan fingerprint density at radius 2 is 1.31 bits per heavy atom. The predicted molar refractivity (Wildman–Crippen MR) is 52.8 cm³/mol. The lowest BCUT2D eigenvalue weighted by Crippen LogP contribution is -1.95. The molecule has 78 valence electrons. The van der Waals surface area contributed by atoms with E-state index in [0.717, 1.165) is 13.2 Å². The van der Waals surface area contributed by atoms with Crippen molar-refractivity contribution in [2.75, 3.05) is 13.2 Å². The van der Waals surface area contributed by atoms with Gasteiger partial charge in [-0.3, -0.25) is 9.59 Å². The molecule has 3 nitrogen and oxygen atoms in total. The minimum atomic E-state index is 0.194. The number of unbranched alkanes of at least 4 members (excludes halogenated alkanes) is 2. The van der Waals surface area contributed by atoms with Crippen molar-refractivity contribution in [3.05, 3.63) is 0 Å². The third-order valence-electron chi connectivity index (χ3n) is 1.34. The van der Waals surface area contributed by atoms with Gasteiger partial charge in [-0.15, -0.1) is 0 Å². The topological polar surface area (TPSA) is 43.4 Å². The van der Waals surface area contributed by atoms with Gasteiger partial charge in [-0.25, -0.2) is 0 Å². The van der Waals surface area contributed by atoms with Crippen LogP contribution in [-0.2, 0) is 14.3 Å². The summed E-state index contributed by atoms with van der Waals surface area (Å²) in [5, 5.41) is 0. The fourth-order valence-corrected chi connectivity index (χ4v) is 0.595. The van der Waals surface area contributed by atoms with Crippen molar-refractivity contribution in [2.24, 2.45) is 0 Å². The van der Waals surface area contributed by atoms with Gasteiger partial charge in [0.1, 0.15) is 0 Å². The summed E-state index contributed by atoms with van der Waals surface area (Å²) in [6.45, 7) is 6.28. The summed E-state index contributed by atoms with van der Waals surface area (Å²) in [4.78, 5) is 17.6. The number of ether oxygens (including phenoxy) is 1. The van der Waals surface area contributed by atoms with Gasteiger partial charge in [0.2, 0.25) is 0 Å². The molecular weight excluding hydrogens is 168 g/mol. The average Bonchev–Trinajstić information content (AvgIpc) is 2.18. The van der Waals surface area contributed by atoms with E-state index in [-0.39, 0.29) is 12.6 Å². The van der Waals surface area contributed by atoms with Gasteiger partial charge in [-0.05, 0) is 12.8 Å². The lowest BCUT2D eigenvalue weighted by atomic mass is 10.3. The fourth-order valence-electron chi connectivity index (χ4n) is 0.595. The van der Waals surface area contributed by atoms with Crippen molar-refractivity contribution in [1.82, 2.24) is 0 Å². The molecule has 0 N–H and O–H groups in total. The molecule has 0 atom stereocenters. The van der Waals surface area contributed by atoms with Crippen molar-refractivity contribution in [1.29, 1.82) is 0 Å². The van der Waals surface area contributed by atoms with Gasteiger partial charge in [0.05, 0.1) is 0 Å². The fraction of sp³-hybridized carbons (Fsp3) is 0.800. The maximum absolute atomic E-state index is 8.81. The minimum absolute atomic E-state index is 0.194. The number of carbonyl (C=O) groups is 2. The summed E-state index contributed by atoms with van der Waals surface area (Å²) in [5.74, 6) is 0. The Morgan fingerprint density at radius 1 is 0.923 bits per heavy atom. The van der Waals surface area contributed by atoms with Crippen LogP contribution in [0.3, 0.4) is 0 Å². The van der Waals surface area contributed by atoms with Crippen molar-refractivity contribution >= 4 is 12.6 Å². The molecule has 0 amide bonds. The average molecular weight is 188 g/mol. The normalized spacial score (nSPS) is 8.46. The molecule has 0 fully saturated rings. The number of rotatable bonds is 7. The molecule has 0 aliphatic heterocycles. The number of hydrogen-bond donors (Lipinski definition) is 0. The second-order valence-corrected chi connectivity index (χ2v) is 2.59. The highest BCUT2D eigenvalue weighted by Gasteiger charge is 1.84. The van der Waals surface area contributed by atoms with Gasteiger partial charge < -0.3 is 4.74 Å². The maximum atomic E-state index is 8.81. The molecule has 0 aromatic rings. The second-order valence-electron chi connectivity index (χ2n) is 2.59. The predicted octanol–water partition coefficient (Wildman–Crippen LogP) is 1.99. The van der Waals surface area contributed by atoms with Crippen LogP contribution in [0, 0.1) is 0 Å². The number of carbonyl (C=O) groups excluding carboxylic acids is 2. The molecule has 0 saturated carbocycles. The van der Waals surface area contributed by atoms with E-state index in [1.165, 1.54) is 25.7 Å². The molecule has 0 aromatic heterocycles. The van der Waals surface area contributed by atoms with E-state index in [1.54, 1.807) is 0 Å². The van der Waals surface area contributed by atoms with Crippen LogP contribution in [0.2, 0.25) is 0 Å². The minimum Gasteiger partial charge on any atom is -0.381 e. The van der Waals surface area contributed by atoms with Crippen LogP contribution < -0.4 is 0 Å². The maximum Gasteiger partial charge on any atom is 0.182 e. The summed E-state index contributed by atoms with van der Waals surface area (Å²) in [6.07, 6.45) is 5.30. The highest BCUT2D eigenvalue weighted by atomic mass is 16.5. The summed E-state index contributed by atoms with van der Waals surface area (Å²) < 4.78 is 5.31. The highest BCUT2D eigenvalue weighted by Crippen LogP contribution is 1.91. The summed E-state index contributed by atoms with van der Waals surface area (Å²) in [5.41, 5.74) is 0. The number of aldehydes is 2. The van der Waals surface area contributed by atoms with Crippen LogP contribution in [0.5, 0.6) is 0 Å². The molecule has 0 radical (unpaired) electrons. The van der Waals surface area contributed by atoms with E-state index in [9.17, 15) is 0 Å². The molecule has 0 bridgehead atoms. The summed E-state index contributed by atoms with van der Waals surface area (Å²) in [7, 11) is 0. The van der Waals surface area contributed by atoms with Crippen molar-refractivity contribution < 1.29 is 14.3 Å². The first-order chi connectivity index (χ1) is 6.33. The van der Waals surface area contributed by atoms with Gasteiger partial charge in [-0.1, -0.05) is 26.7 Å². The van der Waals surface area contributed by atoms with Crippen LogP contribution in [-0.4, -0.2) is 25.8 Å². The zero-order valence-electron chi connectivity index (χ0n) is 8.62. The smallest absolute Gasteiger partial charge is 0.182 e. The first-order valence-corrected chi connectivity index (χ1v) is 4.80. The number of hydrogen-bond acceptors (Lipinski definition) is 3. The van der Waals surface area contributed by atoms with Gasteiger partial charge in [-0.2, -0.15) is 0 Å². The Morgan fingerprint density at radius 3 is 1.54 bits per heavy atom. The molecule has 0 saturated heterocycles. The first-order valence-electron chi connectivity index (χ1n) is 4.80. The molecule has 0 aromatic carbocycles. The van der Waals surface area contributed by atoms with E-state index >= 15 is 0 Å². The summed E-state index contributed by atoms with van der Waals surface area (Å²) in [6, 6.07) is 0. The highest BCUT2D eigenvalue weighted by molar-refractivity contribution is 6.09. The Balaban J connectivity index is 0. The van der Waals surface area contributed by atoms with Gasteiger partial charge in [0.25, 0.3) is 0 Å². The Hall–Kier alpha value is -0.700. The van der Waals surface area contributed by atoms with Crippen LogP contribution >= 0.6 is 0 Å². The van der Waals surface area contributed by atoms with Crippen molar-refractivity contribution in [3.63, 3.8) is 0 Å². The first kappa shape index (κ1) is 14.8. The van der Waals surface area contributed by atoms with Crippen molar-refractivity contribution in [2.45, 2.75) is 39.5 Å². The van der Waals surface area contributed by atoms with E-state index < -0.39 is 0 Å². The molecule has 0 unspecified atom stereocenters. The standard InChI is InChI=1S/C8H18O.C2H2O2/c1-3-5-7-9-8-6-4-2;3-1-2-4/h3-8H2,1-2H3;1-2H. The monoisotopic (exact) mass is 188 g/mol. The van der Waals surface area contributed by atoms with E-state index in [0.29, 0.717) is 0 Å². The van der Waals surface area contributed by atoms with Gasteiger partial charge >= 0.3 is 0 Å². The third kappa shape index (κ3) is 24.6. The quantitative estimate of drug-likeness (QED) is 0.348. The lowest BCUT2D eigenvalue weighted by molar-refractivity contribution is -0.122. The molecule has 3 heteroatoms.